The Hall–Kier alpha value is -3.65. The molecular weight excluding hydrogens is 319 g/mol. The van der Waals surface area contributed by atoms with Gasteiger partial charge in [-0.05, 0) is 30.3 Å². The van der Waals surface area contributed by atoms with Crippen LogP contribution in [0.1, 0.15) is 15.9 Å². The zero-order valence-electron chi connectivity index (χ0n) is 13.1. The molecule has 3 rings (SSSR count). The summed E-state index contributed by atoms with van der Waals surface area (Å²) in [5, 5.41) is 2.77. The summed E-state index contributed by atoms with van der Waals surface area (Å²) in [6.45, 7) is 0. The van der Waals surface area contributed by atoms with Crippen LogP contribution < -0.4 is 10.1 Å². The average Bonchev–Trinajstić information content (AvgIpc) is 2.62. The molecule has 25 heavy (non-hydrogen) atoms. The lowest BCUT2D eigenvalue weighted by Gasteiger charge is -2.09. The maximum atomic E-state index is 13.2. The Balaban J connectivity index is 1.75. The van der Waals surface area contributed by atoms with Crippen LogP contribution in [0.4, 0.5) is 10.1 Å². The number of benzene rings is 2. The molecule has 1 N–H and O–H groups in total. The van der Waals surface area contributed by atoms with Gasteiger partial charge in [-0.3, -0.25) is 9.78 Å². The SMILES string of the molecule is C#Cc1cccc(C(=O)Nc2cccc(Oc3cncc(F)c3)c2)c1. The van der Waals surface area contributed by atoms with Gasteiger partial charge in [0.05, 0.1) is 12.4 Å². The van der Waals surface area contributed by atoms with E-state index in [4.69, 9.17) is 11.2 Å². The quantitative estimate of drug-likeness (QED) is 0.727. The number of carbonyl (C=O) groups excluding carboxylic acids is 1. The van der Waals surface area contributed by atoms with Crippen LogP contribution in [-0.4, -0.2) is 10.9 Å². The summed E-state index contributed by atoms with van der Waals surface area (Å²) in [7, 11) is 0. The van der Waals surface area contributed by atoms with E-state index in [-0.39, 0.29) is 11.7 Å². The maximum Gasteiger partial charge on any atom is 0.255 e. The molecule has 0 fully saturated rings. The minimum Gasteiger partial charge on any atom is -0.456 e. The summed E-state index contributed by atoms with van der Waals surface area (Å²) in [6.07, 6.45) is 7.84. The van der Waals surface area contributed by atoms with Gasteiger partial charge >= 0.3 is 0 Å². The molecule has 0 aliphatic rings. The Kier molecular flexibility index (Phi) is 4.72. The van der Waals surface area contributed by atoms with Gasteiger partial charge in [0.15, 0.2) is 0 Å². The van der Waals surface area contributed by atoms with Gasteiger partial charge in [0, 0.05) is 28.9 Å². The second kappa shape index (κ2) is 7.28. The summed E-state index contributed by atoms with van der Waals surface area (Å²) in [4.78, 5) is 16.0. The lowest BCUT2D eigenvalue weighted by Crippen LogP contribution is -2.11. The molecule has 2 aromatic carbocycles. The Bertz CT molecular complexity index is 964. The van der Waals surface area contributed by atoms with E-state index in [9.17, 15) is 9.18 Å². The zero-order chi connectivity index (χ0) is 17.6. The minimum absolute atomic E-state index is 0.269. The van der Waals surface area contributed by atoms with Gasteiger partial charge in [-0.15, -0.1) is 6.42 Å². The molecule has 1 aromatic heterocycles. The lowest BCUT2D eigenvalue weighted by atomic mass is 10.1. The van der Waals surface area contributed by atoms with E-state index < -0.39 is 5.82 Å². The van der Waals surface area contributed by atoms with Crippen molar-refractivity contribution in [3.05, 3.63) is 83.9 Å². The number of rotatable bonds is 4. The number of pyridine rings is 1. The van der Waals surface area contributed by atoms with Crippen LogP contribution >= 0.6 is 0 Å². The van der Waals surface area contributed by atoms with Crippen LogP contribution in [0.5, 0.6) is 11.5 Å². The first kappa shape index (κ1) is 16.2. The van der Waals surface area contributed by atoms with Gasteiger partial charge in [0.2, 0.25) is 0 Å². The number of anilines is 1. The molecule has 1 amide bonds. The third-order valence-corrected chi connectivity index (χ3v) is 3.30. The number of nitrogens with zero attached hydrogens (tertiary/aromatic N) is 1. The monoisotopic (exact) mass is 332 g/mol. The number of carbonyl (C=O) groups is 1. The molecule has 122 valence electrons. The van der Waals surface area contributed by atoms with Crippen molar-refractivity contribution in [1.82, 2.24) is 4.98 Å². The van der Waals surface area contributed by atoms with E-state index >= 15 is 0 Å². The summed E-state index contributed by atoms with van der Waals surface area (Å²) in [5.74, 6) is 2.43. The van der Waals surface area contributed by atoms with Gasteiger partial charge in [-0.2, -0.15) is 0 Å². The predicted octanol–water partition coefficient (Wildman–Crippen LogP) is 4.25. The van der Waals surface area contributed by atoms with Crippen molar-refractivity contribution >= 4 is 11.6 Å². The molecule has 0 aliphatic carbocycles. The van der Waals surface area contributed by atoms with E-state index in [0.29, 0.717) is 22.6 Å². The van der Waals surface area contributed by atoms with Crippen molar-refractivity contribution in [2.24, 2.45) is 0 Å². The van der Waals surface area contributed by atoms with Crippen LogP contribution in [0.3, 0.4) is 0 Å². The second-order valence-corrected chi connectivity index (χ2v) is 5.15. The van der Waals surface area contributed by atoms with Gasteiger partial charge in [-0.1, -0.05) is 18.1 Å². The summed E-state index contributed by atoms with van der Waals surface area (Å²) in [6, 6.07) is 14.8. The largest absolute Gasteiger partial charge is 0.456 e. The number of amides is 1. The maximum absolute atomic E-state index is 13.2. The highest BCUT2D eigenvalue weighted by molar-refractivity contribution is 6.04. The minimum atomic E-state index is -0.490. The molecule has 0 atom stereocenters. The normalized spacial score (nSPS) is 9.92. The fourth-order valence-corrected chi connectivity index (χ4v) is 2.18. The van der Waals surface area contributed by atoms with Gasteiger partial charge in [-0.25, -0.2) is 4.39 Å². The van der Waals surface area contributed by atoms with Crippen LogP contribution in [0.15, 0.2) is 67.0 Å². The zero-order valence-corrected chi connectivity index (χ0v) is 13.1. The van der Waals surface area contributed by atoms with E-state index in [1.54, 1.807) is 48.5 Å². The molecule has 0 radical (unpaired) electrons. The first-order valence-electron chi connectivity index (χ1n) is 7.40. The highest BCUT2D eigenvalue weighted by atomic mass is 19.1. The number of hydrogen-bond acceptors (Lipinski definition) is 3. The highest BCUT2D eigenvalue weighted by Crippen LogP contribution is 2.24. The van der Waals surface area contributed by atoms with Crippen molar-refractivity contribution in [2.45, 2.75) is 0 Å². The smallest absolute Gasteiger partial charge is 0.255 e. The number of aromatic nitrogens is 1. The lowest BCUT2D eigenvalue weighted by molar-refractivity contribution is 0.102. The topological polar surface area (TPSA) is 51.2 Å². The summed E-state index contributed by atoms with van der Waals surface area (Å²) < 4.78 is 18.7. The van der Waals surface area contributed by atoms with Gasteiger partial charge in [0.25, 0.3) is 5.91 Å². The number of ether oxygens (including phenoxy) is 1. The number of nitrogens with one attached hydrogen (secondary N) is 1. The van der Waals surface area contributed by atoms with Crippen LogP contribution in [-0.2, 0) is 0 Å². The Morgan fingerprint density at radius 3 is 2.72 bits per heavy atom. The first-order valence-corrected chi connectivity index (χ1v) is 7.40. The number of halogens is 1. The van der Waals surface area contributed by atoms with Crippen molar-refractivity contribution in [2.75, 3.05) is 5.32 Å². The Labute approximate surface area is 144 Å². The first-order chi connectivity index (χ1) is 12.1. The number of hydrogen-bond donors (Lipinski definition) is 1. The summed E-state index contributed by atoms with van der Waals surface area (Å²) >= 11 is 0. The molecule has 0 unspecified atom stereocenters. The predicted molar refractivity (Wildman–Crippen MR) is 93.0 cm³/mol. The van der Waals surface area contributed by atoms with E-state index in [1.165, 1.54) is 12.3 Å². The molecule has 4 nitrogen and oxygen atoms in total. The molecule has 5 heteroatoms. The van der Waals surface area contributed by atoms with Gasteiger partial charge in [0.1, 0.15) is 17.3 Å². The van der Waals surface area contributed by atoms with E-state index in [2.05, 4.69) is 16.2 Å². The molecule has 0 aliphatic heterocycles. The molecular formula is C20H13FN2O2. The molecule has 0 bridgehead atoms. The van der Waals surface area contributed by atoms with Gasteiger partial charge < -0.3 is 10.1 Å². The highest BCUT2D eigenvalue weighted by Gasteiger charge is 2.08. The molecule has 0 saturated heterocycles. The third kappa shape index (κ3) is 4.21. The third-order valence-electron chi connectivity index (χ3n) is 3.30. The fourth-order valence-electron chi connectivity index (χ4n) is 2.18. The molecule has 0 spiro atoms. The van der Waals surface area contributed by atoms with Crippen molar-refractivity contribution in [3.63, 3.8) is 0 Å². The van der Waals surface area contributed by atoms with Crippen LogP contribution in [0.25, 0.3) is 0 Å². The fraction of sp³-hybridized carbons (Fsp3) is 0. The number of terminal acetylenes is 1. The Morgan fingerprint density at radius 1 is 1.08 bits per heavy atom. The van der Waals surface area contributed by atoms with Crippen LogP contribution in [0, 0.1) is 18.2 Å². The average molecular weight is 332 g/mol. The van der Waals surface area contributed by atoms with Crippen molar-refractivity contribution in [1.29, 1.82) is 0 Å². The molecule has 0 saturated carbocycles. The molecule has 3 aromatic rings. The van der Waals surface area contributed by atoms with Crippen molar-refractivity contribution in [3.8, 4) is 23.8 Å². The Morgan fingerprint density at radius 2 is 1.92 bits per heavy atom. The van der Waals surface area contributed by atoms with E-state index in [1.807, 2.05) is 0 Å². The second-order valence-electron chi connectivity index (χ2n) is 5.15. The molecule has 1 heterocycles. The van der Waals surface area contributed by atoms with Crippen molar-refractivity contribution < 1.29 is 13.9 Å². The van der Waals surface area contributed by atoms with Crippen LogP contribution in [0.2, 0.25) is 0 Å². The standard InChI is InChI=1S/C20H13FN2O2/c1-2-14-5-3-6-15(9-14)20(24)23-17-7-4-8-18(11-17)25-19-10-16(21)12-22-13-19/h1,3-13H,(H,23,24). The summed E-state index contributed by atoms with van der Waals surface area (Å²) in [5.41, 5.74) is 1.62. The van der Waals surface area contributed by atoms with E-state index in [0.717, 1.165) is 6.20 Å².